The van der Waals surface area contributed by atoms with E-state index < -0.39 is 11.8 Å². The average molecular weight is 276 g/mol. The van der Waals surface area contributed by atoms with Crippen LogP contribution in [-0.4, -0.2) is 17.7 Å². The van der Waals surface area contributed by atoms with E-state index in [9.17, 15) is 18.0 Å². The number of hydrogen-bond donors (Lipinski definition) is 0. The van der Waals surface area contributed by atoms with E-state index in [1.165, 1.54) is 5.92 Å². The Labute approximate surface area is 111 Å². The molecule has 1 fully saturated rings. The maximum Gasteiger partial charge on any atom is 0.457 e. The van der Waals surface area contributed by atoms with Crippen LogP contribution in [0.15, 0.2) is 0 Å². The van der Waals surface area contributed by atoms with Crippen molar-refractivity contribution in [3.8, 4) is 11.8 Å². The van der Waals surface area contributed by atoms with Crippen LogP contribution in [0.4, 0.5) is 13.2 Å². The number of esters is 1. The Kier molecular flexibility index (Phi) is 4.89. The van der Waals surface area contributed by atoms with Crippen molar-refractivity contribution in [2.24, 2.45) is 11.8 Å². The number of halogens is 3. The SMILES string of the molecule is CC(C)(C)OC(=O)C1CCC(C#CC(F)(F)F)CC1. The van der Waals surface area contributed by atoms with Gasteiger partial charge >= 0.3 is 12.1 Å². The summed E-state index contributed by atoms with van der Waals surface area (Å²) in [6.45, 7) is 5.39. The van der Waals surface area contributed by atoms with Gasteiger partial charge in [-0.15, -0.1) is 0 Å². The molecule has 2 nitrogen and oxygen atoms in total. The first kappa shape index (κ1) is 15.9. The fourth-order valence-electron chi connectivity index (χ4n) is 2.04. The van der Waals surface area contributed by atoms with Crippen LogP contribution in [0, 0.1) is 23.7 Å². The van der Waals surface area contributed by atoms with Crippen molar-refractivity contribution >= 4 is 5.97 Å². The highest BCUT2D eigenvalue weighted by molar-refractivity contribution is 5.73. The van der Waals surface area contributed by atoms with E-state index in [0.29, 0.717) is 25.7 Å². The monoisotopic (exact) mass is 276 g/mol. The second-order valence-electron chi connectivity index (χ2n) is 5.85. The van der Waals surface area contributed by atoms with Crippen LogP contribution in [0.5, 0.6) is 0 Å². The molecule has 0 spiro atoms. The Bertz CT molecular complexity index is 374. The van der Waals surface area contributed by atoms with Crippen molar-refractivity contribution in [3.05, 3.63) is 0 Å². The molecule has 1 aliphatic carbocycles. The molecular weight excluding hydrogens is 257 g/mol. The molecule has 1 aliphatic rings. The lowest BCUT2D eigenvalue weighted by atomic mass is 9.82. The van der Waals surface area contributed by atoms with Crippen molar-refractivity contribution in [3.63, 3.8) is 0 Å². The zero-order valence-electron chi connectivity index (χ0n) is 11.4. The molecule has 0 aromatic carbocycles. The fraction of sp³-hybridized carbons (Fsp3) is 0.786. The van der Waals surface area contributed by atoms with Crippen LogP contribution >= 0.6 is 0 Å². The van der Waals surface area contributed by atoms with Gasteiger partial charge in [-0.2, -0.15) is 13.2 Å². The molecule has 108 valence electrons. The molecule has 0 aliphatic heterocycles. The van der Waals surface area contributed by atoms with Crippen LogP contribution < -0.4 is 0 Å². The van der Waals surface area contributed by atoms with Gasteiger partial charge in [0.1, 0.15) is 5.60 Å². The van der Waals surface area contributed by atoms with Crippen molar-refractivity contribution < 1.29 is 22.7 Å². The fourth-order valence-corrected chi connectivity index (χ4v) is 2.04. The molecule has 0 aromatic heterocycles. The number of carbonyl (C=O) groups is 1. The molecule has 19 heavy (non-hydrogen) atoms. The minimum Gasteiger partial charge on any atom is -0.460 e. The topological polar surface area (TPSA) is 26.3 Å². The van der Waals surface area contributed by atoms with Gasteiger partial charge in [-0.3, -0.25) is 4.79 Å². The second-order valence-corrected chi connectivity index (χ2v) is 5.85. The molecular formula is C14H19F3O2. The first-order chi connectivity index (χ1) is 8.57. The summed E-state index contributed by atoms with van der Waals surface area (Å²) in [5, 5.41) is 0. The van der Waals surface area contributed by atoms with Crippen LogP contribution in [0.25, 0.3) is 0 Å². The van der Waals surface area contributed by atoms with Crippen LogP contribution in [0.2, 0.25) is 0 Å². The van der Waals surface area contributed by atoms with Gasteiger partial charge in [0.2, 0.25) is 0 Å². The van der Waals surface area contributed by atoms with Gasteiger partial charge in [-0.05, 0) is 46.5 Å². The molecule has 5 heteroatoms. The Morgan fingerprint density at radius 2 is 1.63 bits per heavy atom. The highest BCUT2D eigenvalue weighted by Crippen LogP contribution is 2.30. The minimum atomic E-state index is -4.43. The molecule has 0 amide bonds. The smallest absolute Gasteiger partial charge is 0.457 e. The van der Waals surface area contributed by atoms with Gasteiger partial charge in [0, 0.05) is 11.8 Å². The lowest BCUT2D eigenvalue weighted by molar-refractivity contribution is -0.161. The second kappa shape index (κ2) is 5.85. The molecule has 0 saturated heterocycles. The van der Waals surface area contributed by atoms with E-state index >= 15 is 0 Å². The summed E-state index contributed by atoms with van der Waals surface area (Å²) < 4.78 is 41.1. The molecule has 0 atom stereocenters. The summed E-state index contributed by atoms with van der Waals surface area (Å²) in [6, 6.07) is 0. The first-order valence-corrected chi connectivity index (χ1v) is 6.39. The van der Waals surface area contributed by atoms with E-state index in [4.69, 9.17) is 4.74 Å². The summed E-state index contributed by atoms with van der Waals surface area (Å²) in [7, 11) is 0. The molecule has 0 bridgehead atoms. The largest absolute Gasteiger partial charge is 0.460 e. The first-order valence-electron chi connectivity index (χ1n) is 6.39. The van der Waals surface area contributed by atoms with Gasteiger partial charge in [-0.1, -0.05) is 5.92 Å². The highest BCUT2D eigenvalue weighted by Gasteiger charge is 2.30. The van der Waals surface area contributed by atoms with Crippen LogP contribution in [0.3, 0.4) is 0 Å². The number of alkyl halides is 3. The van der Waals surface area contributed by atoms with Gasteiger partial charge in [-0.25, -0.2) is 0 Å². The van der Waals surface area contributed by atoms with Crippen LogP contribution in [-0.2, 0) is 9.53 Å². The predicted octanol–water partition coefficient (Wildman–Crippen LogP) is 3.70. The Balaban J connectivity index is 2.45. The molecule has 0 N–H and O–H groups in total. The number of hydrogen-bond acceptors (Lipinski definition) is 2. The van der Waals surface area contributed by atoms with Crippen LogP contribution in [0.1, 0.15) is 46.5 Å². The van der Waals surface area contributed by atoms with Gasteiger partial charge in [0.15, 0.2) is 0 Å². The molecule has 0 unspecified atom stereocenters. The molecule has 1 saturated carbocycles. The zero-order chi connectivity index (χ0) is 14.7. The number of carbonyl (C=O) groups excluding carboxylic acids is 1. The normalized spacial score (nSPS) is 24.3. The Morgan fingerprint density at radius 3 is 2.05 bits per heavy atom. The molecule has 0 radical (unpaired) electrons. The summed E-state index contributed by atoms with van der Waals surface area (Å²) in [5.41, 5.74) is -0.524. The number of rotatable bonds is 1. The third-order valence-corrected chi connectivity index (χ3v) is 2.89. The van der Waals surface area contributed by atoms with E-state index in [0.717, 1.165) is 0 Å². The summed E-state index contributed by atoms with van der Waals surface area (Å²) >= 11 is 0. The van der Waals surface area contributed by atoms with Gasteiger partial charge in [0.05, 0.1) is 5.92 Å². The van der Waals surface area contributed by atoms with Crippen molar-refractivity contribution in [1.29, 1.82) is 0 Å². The number of ether oxygens (including phenoxy) is 1. The summed E-state index contributed by atoms with van der Waals surface area (Å²) in [5.74, 6) is 2.83. The molecule has 0 heterocycles. The van der Waals surface area contributed by atoms with Crippen molar-refractivity contribution in [2.75, 3.05) is 0 Å². The summed E-state index contributed by atoms with van der Waals surface area (Å²) in [6.07, 6.45) is -2.29. The lowest BCUT2D eigenvalue weighted by Crippen LogP contribution is -2.30. The molecule has 1 rings (SSSR count). The van der Waals surface area contributed by atoms with E-state index in [1.54, 1.807) is 20.8 Å². The molecule has 0 aromatic rings. The van der Waals surface area contributed by atoms with E-state index in [1.807, 2.05) is 0 Å². The third kappa shape index (κ3) is 6.51. The van der Waals surface area contributed by atoms with Crippen molar-refractivity contribution in [1.82, 2.24) is 0 Å². The Hall–Kier alpha value is -1.18. The minimum absolute atomic E-state index is 0.205. The summed E-state index contributed by atoms with van der Waals surface area (Å²) in [4.78, 5) is 11.8. The average Bonchev–Trinajstić information content (AvgIpc) is 2.23. The van der Waals surface area contributed by atoms with E-state index in [-0.39, 0.29) is 17.8 Å². The van der Waals surface area contributed by atoms with Gasteiger partial charge < -0.3 is 4.74 Å². The Morgan fingerprint density at radius 1 is 1.11 bits per heavy atom. The predicted molar refractivity (Wildman–Crippen MR) is 65.1 cm³/mol. The maximum absolute atomic E-state index is 12.0. The maximum atomic E-state index is 12.0. The third-order valence-electron chi connectivity index (χ3n) is 2.89. The van der Waals surface area contributed by atoms with Crippen molar-refractivity contribution in [2.45, 2.75) is 58.2 Å². The van der Waals surface area contributed by atoms with E-state index in [2.05, 4.69) is 5.92 Å². The quantitative estimate of drug-likeness (QED) is 0.539. The van der Waals surface area contributed by atoms with Gasteiger partial charge in [0.25, 0.3) is 0 Å². The lowest BCUT2D eigenvalue weighted by Gasteiger charge is -2.28. The highest BCUT2D eigenvalue weighted by atomic mass is 19.4. The zero-order valence-corrected chi connectivity index (χ0v) is 11.4. The standard InChI is InChI=1S/C14H19F3O2/c1-13(2,3)19-12(18)11-6-4-10(5-7-11)8-9-14(15,16)17/h10-11H,4-7H2,1-3H3.